The third kappa shape index (κ3) is 5.54. The van der Waals surface area contributed by atoms with Gasteiger partial charge in [-0.15, -0.1) is 6.42 Å². The van der Waals surface area contributed by atoms with Gasteiger partial charge < -0.3 is 33.5 Å². The van der Waals surface area contributed by atoms with Crippen LogP contribution in [0.1, 0.15) is 69.1 Å². The van der Waals surface area contributed by atoms with Crippen LogP contribution in [-0.4, -0.2) is 50.0 Å². The lowest BCUT2D eigenvalue weighted by molar-refractivity contribution is -0.173. The molecule has 43 heavy (non-hydrogen) atoms. The van der Waals surface area contributed by atoms with Crippen molar-refractivity contribution in [1.29, 1.82) is 0 Å². The van der Waals surface area contributed by atoms with Gasteiger partial charge in [0.1, 0.15) is 24.5 Å². The number of rotatable bonds is 7. The van der Waals surface area contributed by atoms with Gasteiger partial charge in [0.15, 0.2) is 29.6 Å². The van der Waals surface area contributed by atoms with Crippen LogP contribution in [0.4, 0.5) is 10.6 Å². The summed E-state index contributed by atoms with van der Waals surface area (Å²) in [6, 6.07) is 0. The number of hydrogen-bond donors (Lipinski definition) is 1. The van der Waals surface area contributed by atoms with Crippen LogP contribution < -0.4 is 11.6 Å². The van der Waals surface area contributed by atoms with Crippen LogP contribution in [0.15, 0.2) is 20.0 Å². The van der Waals surface area contributed by atoms with Gasteiger partial charge in [-0.2, -0.15) is 9.97 Å². The Morgan fingerprint density at radius 1 is 1.21 bits per heavy atom. The molecule has 0 radical (unpaired) electrons. The zero-order valence-corrected chi connectivity index (χ0v) is 24.1. The molecule has 0 aromatic carbocycles. The van der Waals surface area contributed by atoms with Crippen LogP contribution >= 0.6 is 11.6 Å². The second-order valence-electron chi connectivity index (χ2n) is 11.4. The lowest BCUT2D eigenvalue weighted by atomic mass is 9.56. The molecule has 1 saturated heterocycles. The third-order valence-corrected chi connectivity index (χ3v) is 8.85. The second kappa shape index (κ2) is 11.2. The zero-order valence-electron chi connectivity index (χ0n) is 23.4. The molecule has 14 nitrogen and oxygen atoms in total. The standard InChI is InChI=1S/C28H30ClN5O9/c1-3-28(13-39-25(36)38-12-17-15(2)40-26(37)41-17)18(42-23(35)16-10-27(11-16)7-5-4-6-8-27)9-19(43-28)34-14-31-20-21(30)32-24(29)33-22(20)34/h1,14,16,18-19H,4-13H2,2H3,(H2,30,32,33)/t18-,19+,28+/m0/s1. The molecule has 3 aliphatic rings. The van der Waals surface area contributed by atoms with Crippen molar-refractivity contribution in [3.05, 3.63) is 33.7 Å². The highest BCUT2D eigenvalue weighted by Crippen LogP contribution is 2.55. The first-order chi connectivity index (χ1) is 20.6. The molecule has 4 heterocycles. The molecule has 3 aromatic rings. The number of aromatic nitrogens is 4. The number of fused-ring (bicyclic) bond motifs is 1. The fourth-order valence-electron chi connectivity index (χ4n) is 6.41. The third-order valence-electron chi connectivity index (χ3n) is 8.68. The molecule has 3 atom stereocenters. The number of esters is 1. The molecule has 2 saturated carbocycles. The number of nitrogen functional groups attached to an aromatic ring is 1. The molecule has 0 amide bonds. The van der Waals surface area contributed by atoms with Crippen molar-refractivity contribution in [2.75, 3.05) is 12.3 Å². The van der Waals surface area contributed by atoms with Gasteiger partial charge in [0.25, 0.3) is 0 Å². The maximum atomic E-state index is 13.3. The first-order valence-electron chi connectivity index (χ1n) is 14.0. The molecule has 1 spiro atoms. The topological polar surface area (TPSA) is 184 Å². The molecule has 0 unspecified atom stereocenters. The minimum Gasteiger partial charge on any atom is -0.458 e. The van der Waals surface area contributed by atoms with E-state index in [1.165, 1.54) is 32.5 Å². The zero-order chi connectivity index (χ0) is 30.4. The molecule has 0 bridgehead atoms. The lowest BCUT2D eigenvalue weighted by Crippen LogP contribution is -2.48. The Morgan fingerprint density at radius 2 is 1.98 bits per heavy atom. The molecule has 3 aromatic heterocycles. The highest BCUT2D eigenvalue weighted by molar-refractivity contribution is 6.28. The van der Waals surface area contributed by atoms with E-state index in [-0.39, 0.29) is 52.0 Å². The van der Waals surface area contributed by atoms with Gasteiger partial charge in [-0.05, 0) is 49.6 Å². The molecule has 3 fully saturated rings. The van der Waals surface area contributed by atoms with E-state index < -0.39 is 43.1 Å². The van der Waals surface area contributed by atoms with Gasteiger partial charge in [-0.25, -0.2) is 14.6 Å². The normalized spacial score (nSPS) is 24.9. The average molecular weight is 616 g/mol. The first-order valence-corrected chi connectivity index (χ1v) is 14.4. The van der Waals surface area contributed by atoms with E-state index in [1.807, 2.05) is 0 Å². The van der Waals surface area contributed by atoms with Crippen molar-refractivity contribution in [3.63, 3.8) is 0 Å². The van der Waals surface area contributed by atoms with E-state index in [2.05, 4.69) is 20.9 Å². The Kier molecular flexibility index (Phi) is 7.55. The molecular formula is C28H30ClN5O9. The number of terminal acetylenes is 1. The number of halogens is 1. The van der Waals surface area contributed by atoms with E-state index in [0.29, 0.717) is 5.52 Å². The second-order valence-corrected chi connectivity index (χ2v) is 11.7. The largest absolute Gasteiger partial charge is 0.519 e. The molecular weight excluding hydrogens is 586 g/mol. The number of hydrogen-bond acceptors (Lipinski definition) is 13. The highest BCUT2D eigenvalue weighted by atomic mass is 35.5. The fourth-order valence-corrected chi connectivity index (χ4v) is 6.58. The number of imidazole rings is 1. The van der Waals surface area contributed by atoms with Crippen molar-refractivity contribution in [3.8, 4) is 12.3 Å². The van der Waals surface area contributed by atoms with Crippen molar-refractivity contribution in [2.45, 2.75) is 82.8 Å². The monoisotopic (exact) mass is 615 g/mol. The van der Waals surface area contributed by atoms with Crippen LogP contribution in [0, 0.1) is 30.6 Å². The predicted octanol–water partition coefficient (Wildman–Crippen LogP) is 3.83. The van der Waals surface area contributed by atoms with Gasteiger partial charge in [0, 0.05) is 6.42 Å². The number of anilines is 1. The quantitative estimate of drug-likeness (QED) is 0.230. The number of nitrogens with two attached hydrogens (primary N) is 1. The summed E-state index contributed by atoms with van der Waals surface area (Å²) in [7, 11) is 0. The van der Waals surface area contributed by atoms with Crippen LogP contribution in [0.25, 0.3) is 11.2 Å². The Hall–Kier alpha value is -4.09. The summed E-state index contributed by atoms with van der Waals surface area (Å²) in [5.74, 6) is 1.27. The lowest BCUT2D eigenvalue weighted by Gasteiger charge is -2.49. The minimum absolute atomic E-state index is 0.0285. The van der Waals surface area contributed by atoms with Crippen LogP contribution in [0.5, 0.6) is 0 Å². The fraction of sp³-hybridized carbons (Fsp3) is 0.571. The summed E-state index contributed by atoms with van der Waals surface area (Å²) < 4.78 is 33.8. The summed E-state index contributed by atoms with van der Waals surface area (Å²) in [6.07, 6.45) is 11.9. The number of carbonyl (C=O) groups is 2. The summed E-state index contributed by atoms with van der Waals surface area (Å²) in [5.41, 5.74) is 5.09. The molecule has 1 aliphatic heterocycles. The van der Waals surface area contributed by atoms with E-state index >= 15 is 0 Å². The first kappa shape index (κ1) is 29.0. The Bertz CT molecular complexity index is 1640. The Labute approximate surface area is 250 Å². The maximum absolute atomic E-state index is 13.3. The summed E-state index contributed by atoms with van der Waals surface area (Å²) >= 11 is 6.04. The molecule has 15 heteroatoms. The van der Waals surface area contributed by atoms with Crippen LogP contribution in [-0.2, 0) is 30.3 Å². The number of ether oxygens (including phenoxy) is 4. The van der Waals surface area contributed by atoms with Crippen molar-refractivity contribution < 1.29 is 37.4 Å². The van der Waals surface area contributed by atoms with E-state index in [4.69, 9.17) is 51.5 Å². The number of aryl methyl sites for hydroxylation is 1. The van der Waals surface area contributed by atoms with Crippen molar-refractivity contribution in [2.24, 2.45) is 11.3 Å². The highest BCUT2D eigenvalue weighted by Gasteiger charge is 2.55. The summed E-state index contributed by atoms with van der Waals surface area (Å²) in [5, 5.41) is -0.0904. The molecule has 2 N–H and O–H groups in total. The smallest absolute Gasteiger partial charge is 0.458 e. The number of carbonyl (C=O) groups excluding carboxylic acids is 2. The van der Waals surface area contributed by atoms with Gasteiger partial charge in [-0.1, -0.05) is 25.2 Å². The van der Waals surface area contributed by atoms with Gasteiger partial charge >= 0.3 is 17.9 Å². The van der Waals surface area contributed by atoms with Gasteiger partial charge in [0.2, 0.25) is 10.9 Å². The van der Waals surface area contributed by atoms with E-state index in [9.17, 15) is 14.4 Å². The van der Waals surface area contributed by atoms with E-state index in [1.54, 1.807) is 4.57 Å². The Morgan fingerprint density at radius 3 is 2.67 bits per heavy atom. The van der Waals surface area contributed by atoms with E-state index in [0.717, 1.165) is 25.7 Å². The summed E-state index contributed by atoms with van der Waals surface area (Å²) in [4.78, 5) is 49.5. The predicted molar refractivity (Wildman–Crippen MR) is 147 cm³/mol. The summed E-state index contributed by atoms with van der Waals surface area (Å²) in [6.45, 7) is 0.565. The van der Waals surface area contributed by atoms with Crippen molar-refractivity contribution >= 4 is 40.7 Å². The van der Waals surface area contributed by atoms with Crippen molar-refractivity contribution in [1.82, 2.24) is 19.5 Å². The Balaban J connectivity index is 1.20. The molecule has 6 rings (SSSR count). The average Bonchev–Trinajstić information content (AvgIpc) is 3.64. The molecule has 2 aliphatic carbocycles. The van der Waals surface area contributed by atoms with Gasteiger partial charge in [-0.3, -0.25) is 9.36 Å². The van der Waals surface area contributed by atoms with Crippen LogP contribution in [0.2, 0.25) is 5.28 Å². The molecule has 228 valence electrons. The van der Waals surface area contributed by atoms with Gasteiger partial charge in [0.05, 0.1) is 12.2 Å². The number of nitrogens with zero attached hydrogens (tertiary/aromatic N) is 4. The van der Waals surface area contributed by atoms with Crippen LogP contribution in [0.3, 0.4) is 0 Å². The maximum Gasteiger partial charge on any atom is 0.519 e. The minimum atomic E-state index is -1.68. The SMILES string of the molecule is C#C[C@]1(COC(=O)OCc2oc(=O)oc2C)O[C@@H](n2cnc3c(N)nc(Cl)nc32)C[C@@H]1OC(=O)C1CC2(CCCCC2)C1.